The van der Waals surface area contributed by atoms with Crippen molar-refractivity contribution in [1.82, 2.24) is 0 Å². The minimum absolute atomic E-state index is 0.375. The van der Waals surface area contributed by atoms with Gasteiger partial charge in [-0.3, -0.25) is 0 Å². The molecular formula is C13H16O2. The summed E-state index contributed by atoms with van der Waals surface area (Å²) in [5.74, 6) is 0.528. The second-order valence-corrected chi connectivity index (χ2v) is 4.41. The van der Waals surface area contributed by atoms with Crippen LogP contribution in [0.1, 0.15) is 48.0 Å². The first-order chi connectivity index (χ1) is 7.18. The van der Waals surface area contributed by atoms with Gasteiger partial charge in [-0.2, -0.15) is 0 Å². The highest BCUT2D eigenvalue weighted by Crippen LogP contribution is 2.38. The molecule has 0 radical (unpaired) electrons. The monoisotopic (exact) mass is 204 g/mol. The zero-order valence-corrected chi connectivity index (χ0v) is 8.94. The van der Waals surface area contributed by atoms with Crippen LogP contribution in [0.2, 0.25) is 0 Å². The predicted molar refractivity (Wildman–Crippen MR) is 59.2 cm³/mol. The highest BCUT2D eigenvalue weighted by atomic mass is 16.4. The zero-order chi connectivity index (χ0) is 10.8. The summed E-state index contributed by atoms with van der Waals surface area (Å²) in [6.45, 7) is 2.24. The van der Waals surface area contributed by atoms with Crippen molar-refractivity contribution in [3.63, 3.8) is 0 Å². The molecule has 1 aromatic carbocycles. The molecule has 0 spiro atoms. The molecule has 1 aliphatic carbocycles. The Morgan fingerprint density at radius 1 is 1.33 bits per heavy atom. The normalized spacial score (nSPS) is 18.2. The van der Waals surface area contributed by atoms with E-state index in [-0.39, 0.29) is 0 Å². The molecule has 0 aliphatic heterocycles. The van der Waals surface area contributed by atoms with Gasteiger partial charge in [0.25, 0.3) is 0 Å². The van der Waals surface area contributed by atoms with Crippen molar-refractivity contribution in [2.24, 2.45) is 5.92 Å². The summed E-state index contributed by atoms with van der Waals surface area (Å²) in [6.07, 6.45) is 3.99. The summed E-state index contributed by atoms with van der Waals surface area (Å²) < 4.78 is 0. The Hall–Kier alpha value is -1.31. The average Bonchev–Trinajstić information content (AvgIpc) is 2.15. The van der Waals surface area contributed by atoms with E-state index in [4.69, 9.17) is 5.11 Å². The lowest BCUT2D eigenvalue weighted by Gasteiger charge is -2.31. The van der Waals surface area contributed by atoms with E-state index in [0.717, 1.165) is 5.92 Å². The van der Waals surface area contributed by atoms with Gasteiger partial charge in [-0.05, 0) is 42.4 Å². The van der Waals surface area contributed by atoms with Gasteiger partial charge in [-0.15, -0.1) is 0 Å². The van der Waals surface area contributed by atoms with Gasteiger partial charge < -0.3 is 5.11 Å². The summed E-state index contributed by atoms with van der Waals surface area (Å²) in [4.78, 5) is 10.7. The second kappa shape index (κ2) is 4.05. The van der Waals surface area contributed by atoms with E-state index in [0.29, 0.717) is 11.5 Å². The number of carboxylic acids is 1. The van der Waals surface area contributed by atoms with Crippen LogP contribution in [-0.4, -0.2) is 11.1 Å². The molecule has 2 heteroatoms. The van der Waals surface area contributed by atoms with Gasteiger partial charge in [0, 0.05) is 0 Å². The molecule has 0 amide bonds. The summed E-state index contributed by atoms with van der Waals surface area (Å²) in [5.41, 5.74) is 1.64. The van der Waals surface area contributed by atoms with Crippen LogP contribution in [0.4, 0.5) is 0 Å². The molecule has 1 fully saturated rings. The van der Waals surface area contributed by atoms with Crippen molar-refractivity contribution >= 4 is 5.97 Å². The van der Waals surface area contributed by atoms with Gasteiger partial charge in [-0.25, -0.2) is 4.79 Å². The van der Waals surface area contributed by atoms with Gasteiger partial charge in [0.1, 0.15) is 0 Å². The number of hydrogen-bond donors (Lipinski definition) is 1. The number of aromatic carboxylic acids is 1. The molecule has 15 heavy (non-hydrogen) atoms. The van der Waals surface area contributed by atoms with E-state index in [2.05, 4.69) is 6.92 Å². The first kappa shape index (κ1) is 10.2. The van der Waals surface area contributed by atoms with Crippen LogP contribution in [-0.2, 0) is 0 Å². The molecule has 1 aliphatic rings. The number of rotatable bonds is 3. The van der Waals surface area contributed by atoms with Gasteiger partial charge >= 0.3 is 5.97 Å². The fourth-order valence-corrected chi connectivity index (χ4v) is 2.14. The topological polar surface area (TPSA) is 37.3 Å². The zero-order valence-electron chi connectivity index (χ0n) is 8.94. The fourth-order valence-electron chi connectivity index (χ4n) is 2.14. The predicted octanol–water partition coefficient (Wildman–Crippen LogP) is 3.29. The third-order valence-corrected chi connectivity index (χ3v) is 3.54. The molecule has 80 valence electrons. The first-order valence-electron chi connectivity index (χ1n) is 5.51. The number of benzene rings is 1. The van der Waals surface area contributed by atoms with Crippen LogP contribution in [0.3, 0.4) is 0 Å². The lowest BCUT2D eigenvalue weighted by atomic mass is 9.74. The molecule has 2 rings (SSSR count). The number of carboxylic acid groups (broad SMARTS) is 1. The molecule has 0 bridgehead atoms. The largest absolute Gasteiger partial charge is 0.478 e. The van der Waals surface area contributed by atoms with Crippen LogP contribution in [0.5, 0.6) is 0 Å². The van der Waals surface area contributed by atoms with Gasteiger partial charge in [0.2, 0.25) is 0 Å². The average molecular weight is 204 g/mol. The maximum Gasteiger partial charge on any atom is 0.335 e. The van der Waals surface area contributed by atoms with Crippen LogP contribution in [0.25, 0.3) is 0 Å². The van der Waals surface area contributed by atoms with E-state index < -0.39 is 5.97 Å². The summed E-state index contributed by atoms with van der Waals surface area (Å²) in [6, 6.07) is 7.30. The molecule has 0 aromatic heterocycles. The van der Waals surface area contributed by atoms with Crippen LogP contribution in [0.15, 0.2) is 24.3 Å². The highest BCUT2D eigenvalue weighted by molar-refractivity contribution is 5.87. The smallest absolute Gasteiger partial charge is 0.335 e. The van der Waals surface area contributed by atoms with Crippen LogP contribution >= 0.6 is 0 Å². The summed E-state index contributed by atoms with van der Waals surface area (Å²) in [5, 5.41) is 8.78. The Morgan fingerprint density at radius 3 is 2.33 bits per heavy atom. The molecule has 1 N–H and O–H groups in total. The van der Waals surface area contributed by atoms with Crippen molar-refractivity contribution in [3.05, 3.63) is 35.4 Å². The Labute approximate surface area is 89.9 Å². The molecule has 1 aromatic rings. The summed E-state index contributed by atoms with van der Waals surface area (Å²) >= 11 is 0. The Kier molecular flexibility index (Phi) is 2.76. The first-order valence-corrected chi connectivity index (χ1v) is 5.51. The van der Waals surface area contributed by atoms with Crippen molar-refractivity contribution in [3.8, 4) is 0 Å². The molecule has 0 heterocycles. The number of hydrogen-bond acceptors (Lipinski definition) is 1. The fraction of sp³-hybridized carbons (Fsp3) is 0.462. The third-order valence-electron chi connectivity index (χ3n) is 3.54. The quantitative estimate of drug-likeness (QED) is 0.820. The van der Waals surface area contributed by atoms with E-state index in [1.54, 1.807) is 12.1 Å². The summed E-state index contributed by atoms with van der Waals surface area (Å²) in [7, 11) is 0. The second-order valence-electron chi connectivity index (χ2n) is 4.41. The molecule has 2 nitrogen and oxygen atoms in total. The van der Waals surface area contributed by atoms with E-state index >= 15 is 0 Å². The van der Waals surface area contributed by atoms with E-state index in [1.165, 1.54) is 24.8 Å². The van der Waals surface area contributed by atoms with Crippen molar-refractivity contribution < 1.29 is 9.90 Å². The Morgan fingerprint density at radius 2 is 1.93 bits per heavy atom. The SMILES string of the molecule is CC(c1ccc(C(=O)O)cc1)C1CCC1. The Bertz CT molecular complexity index is 349. The Balaban J connectivity index is 2.11. The molecule has 0 saturated heterocycles. The van der Waals surface area contributed by atoms with Crippen molar-refractivity contribution in [1.29, 1.82) is 0 Å². The standard InChI is InChI=1S/C13H16O2/c1-9(10-3-2-4-10)11-5-7-12(8-6-11)13(14)15/h5-10H,2-4H2,1H3,(H,14,15). The van der Waals surface area contributed by atoms with Crippen LogP contribution in [0, 0.1) is 5.92 Å². The van der Waals surface area contributed by atoms with Crippen LogP contribution < -0.4 is 0 Å². The lowest BCUT2D eigenvalue weighted by Crippen LogP contribution is -2.18. The van der Waals surface area contributed by atoms with Crippen molar-refractivity contribution in [2.45, 2.75) is 32.1 Å². The van der Waals surface area contributed by atoms with Gasteiger partial charge in [0.15, 0.2) is 0 Å². The lowest BCUT2D eigenvalue weighted by molar-refractivity contribution is 0.0697. The van der Waals surface area contributed by atoms with Gasteiger partial charge in [-0.1, -0.05) is 25.5 Å². The van der Waals surface area contributed by atoms with E-state index in [9.17, 15) is 4.79 Å². The highest BCUT2D eigenvalue weighted by Gasteiger charge is 2.24. The molecular weight excluding hydrogens is 188 g/mol. The molecule has 1 atom stereocenters. The molecule has 1 saturated carbocycles. The maximum absolute atomic E-state index is 10.7. The van der Waals surface area contributed by atoms with E-state index in [1.807, 2.05) is 12.1 Å². The molecule has 1 unspecified atom stereocenters. The maximum atomic E-state index is 10.7. The van der Waals surface area contributed by atoms with Crippen molar-refractivity contribution in [2.75, 3.05) is 0 Å². The minimum Gasteiger partial charge on any atom is -0.478 e. The minimum atomic E-state index is -0.849. The van der Waals surface area contributed by atoms with Gasteiger partial charge in [0.05, 0.1) is 5.56 Å². The third kappa shape index (κ3) is 2.04. The number of carbonyl (C=O) groups is 1.